The predicted molar refractivity (Wildman–Crippen MR) is 70.1 cm³/mol. The van der Waals surface area contributed by atoms with Crippen LogP contribution in [0.1, 0.15) is 13.3 Å². The lowest BCUT2D eigenvalue weighted by Gasteiger charge is -2.13. The fourth-order valence-corrected chi connectivity index (χ4v) is 3.04. The number of alkyl halides is 2. The lowest BCUT2D eigenvalue weighted by atomic mass is 10.3. The summed E-state index contributed by atoms with van der Waals surface area (Å²) in [6.45, 7) is -1.71. The van der Waals surface area contributed by atoms with Crippen LogP contribution in [0.2, 0.25) is 5.02 Å². The summed E-state index contributed by atoms with van der Waals surface area (Å²) < 4.78 is 54.3. The van der Waals surface area contributed by atoms with Crippen molar-refractivity contribution >= 4 is 27.6 Å². The highest BCUT2D eigenvalue weighted by atomic mass is 35.5. The maximum atomic E-state index is 12.1. The standard InChI is InChI=1S/C11H12ClF2NO5S/c1-6(4-10(16)17)15-21(18,19)7-2-3-9(8(12)5-7)20-11(13)14/h2-3,5-6,11,15H,4H2,1H3,(H,16,17). The first-order valence-corrected chi connectivity index (χ1v) is 7.46. The number of carboxylic acid groups (broad SMARTS) is 1. The van der Waals surface area contributed by atoms with E-state index >= 15 is 0 Å². The first-order valence-electron chi connectivity index (χ1n) is 5.60. The molecule has 0 fully saturated rings. The molecule has 0 saturated carbocycles. The molecule has 1 atom stereocenters. The van der Waals surface area contributed by atoms with E-state index < -0.39 is 35.1 Å². The zero-order valence-electron chi connectivity index (χ0n) is 10.7. The minimum absolute atomic E-state index is 0.286. The van der Waals surface area contributed by atoms with E-state index in [0.29, 0.717) is 0 Å². The molecule has 118 valence electrons. The maximum absolute atomic E-state index is 12.1. The first-order chi connectivity index (χ1) is 9.61. The van der Waals surface area contributed by atoms with E-state index in [1.807, 2.05) is 0 Å². The average Bonchev–Trinajstić information content (AvgIpc) is 2.29. The molecule has 0 amide bonds. The van der Waals surface area contributed by atoms with Crippen molar-refractivity contribution in [3.63, 3.8) is 0 Å². The average molecular weight is 344 g/mol. The normalized spacial score (nSPS) is 13.2. The number of halogens is 3. The Kier molecular flexibility index (Phi) is 5.87. The Morgan fingerprint density at radius 2 is 2.10 bits per heavy atom. The first kappa shape index (κ1) is 17.6. The van der Waals surface area contributed by atoms with Crippen LogP contribution in [0.4, 0.5) is 8.78 Å². The van der Waals surface area contributed by atoms with Gasteiger partial charge < -0.3 is 9.84 Å². The molecule has 21 heavy (non-hydrogen) atoms. The summed E-state index contributed by atoms with van der Waals surface area (Å²) in [7, 11) is -4.01. The lowest BCUT2D eigenvalue weighted by Crippen LogP contribution is -2.34. The van der Waals surface area contributed by atoms with Gasteiger partial charge in [0.15, 0.2) is 0 Å². The molecular formula is C11H12ClF2NO5S. The van der Waals surface area contributed by atoms with Gasteiger partial charge in [-0.1, -0.05) is 11.6 Å². The molecular weight excluding hydrogens is 332 g/mol. The minimum Gasteiger partial charge on any atom is -0.481 e. The van der Waals surface area contributed by atoms with E-state index in [1.54, 1.807) is 0 Å². The Bertz CT molecular complexity index is 623. The molecule has 1 aromatic rings. The summed E-state index contributed by atoms with van der Waals surface area (Å²) in [5.41, 5.74) is 0. The van der Waals surface area contributed by atoms with E-state index in [-0.39, 0.29) is 15.7 Å². The Labute approximate surface area is 124 Å². The monoisotopic (exact) mass is 343 g/mol. The summed E-state index contributed by atoms with van der Waals surface area (Å²) in [5, 5.41) is 8.27. The number of carbonyl (C=O) groups is 1. The summed E-state index contributed by atoms with van der Waals surface area (Å²) in [4.78, 5) is 10.2. The quantitative estimate of drug-likeness (QED) is 0.790. The van der Waals surface area contributed by atoms with Crippen LogP contribution in [0.15, 0.2) is 23.1 Å². The van der Waals surface area contributed by atoms with Crippen molar-refractivity contribution in [2.75, 3.05) is 0 Å². The van der Waals surface area contributed by atoms with E-state index in [9.17, 15) is 22.0 Å². The molecule has 0 aromatic heterocycles. The second-order valence-electron chi connectivity index (χ2n) is 4.09. The van der Waals surface area contributed by atoms with Gasteiger partial charge in [-0.3, -0.25) is 4.79 Å². The van der Waals surface area contributed by atoms with Crippen molar-refractivity contribution < 1.29 is 31.8 Å². The van der Waals surface area contributed by atoms with E-state index in [0.717, 1.165) is 18.2 Å². The van der Waals surface area contributed by atoms with E-state index in [4.69, 9.17) is 16.7 Å². The van der Waals surface area contributed by atoms with E-state index in [2.05, 4.69) is 9.46 Å². The summed E-state index contributed by atoms with van der Waals surface area (Å²) in [6.07, 6.45) is -0.403. The molecule has 0 spiro atoms. The molecule has 0 heterocycles. The molecule has 6 nitrogen and oxygen atoms in total. The topological polar surface area (TPSA) is 92.7 Å². The van der Waals surface area contributed by atoms with Gasteiger partial charge in [0.2, 0.25) is 10.0 Å². The minimum atomic E-state index is -4.01. The molecule has 10 heteroatoms. The zero-order valence-corrected chi connectivity index (χ0v) is 12.3. The van der Waals surface area contributed by atoms with Gasteiger partial charge in [0, 0.05) is 6.04 Å². The number of aliphatic carboxylic acids is 1. The third kappa shape index (κ3) is 5.44. The zero-order chi connectivity index (χ0) is 16.2. The highest BCUT2D eigenvalue weighted by molar-refractivity contribution is 7.89. The largest absolute Gasteiger partial charge is 0.481 e. The van der Waals surface area contributed by atoms with Crippen LogP contribution in [0.25, 0.3) is 0 Å². The molecule has 0 bridgehead atoms. The van der Waals surface area contributed by atoms with Gasteiger partial charge in [0.05, 0.1) is 16.3 Å². The molecule has 0 radical (unpaired) electrons. The maximum Gasteiger partial charge on any atom is 0.387 e. The Morgan fingerprint density at radius 1 is 1.48 bits per heavy atom. The van der Waals surface area contributed by atoms with Crippen LogP contribution in [0.5, 0.6) is 5.75 Å². The van der Waals surface area contributed by atoms with Crippen molar-refractivity contribution in [3.8, 4) is 5.75 Å². The second-order valence-corrected chi connectivity index (χ2v) is 6.21. The predicted octanol–water partition coefficient (Wildman–Crippen LogP) is 2.08. The van der Waals surface area contributed by atoms with Gasteiger partial charge in [-0.05, 0) is 25.1 Å². The molecule has 0 aliphatic rings. The highest BCUT2D eigenvalue weighted by Gasteiger charge is 2.20. The molecule has 1 aromatic carbocycles. The molecule has 1 unspecified atom stereocenters. The van der Waals surface area contributed by atoms with Crippen molar-refractivity contribution in [1.29, 1.82) is 0 Å². The van der Waals surface area contributed by atoms with Gasteiger partial charge >= 0.3 is 12.6 Å². The lowest BCUT2D eigenvalue weighted by molar-refractivity contribution is -0.137. The highest BCUT2D eigenvalue weighted by Crippen LogP contribution is 2.28. The number of carboxylic acids is 1. The summed E-state index contributed by atoms with van der Waals surface area (Å²) in [5.74, 6) is -1.52. The van der Waals surface area contributed by atoms with Crippen LogP contribution in [-0.4, -0.2) is 32.1 Å². The smallest absolute Gasteiger partial charge is 0.387 e. The Hall–Kier alpha value is -1.45. The number of nitrogens with one attached hydrogen (secondary N) is 1. The van der Waals surface area contributed by atoms with Gasteiger partial charge in [-0.15, -0.1) is 0 Å². The molecule has 1 rings (SSSR count). The number of ether oxygens (including phenoxy) is 1. The van der Waals surface area contributed by atoms with Gasteiger partial charge in [-0.2, -0.15) is 8.78 Å². The third-order valence-electron chi connectivity index (χ3n) is 2.27. The van der Waals surface area contributed by atoms with Crippen LogP contribution in [0, 0.1) is 0 Å². The summed E-state index contributed by atoms with van der Waals surface area (Å²) >= 11 is 5.66. The Balaban J connectivity index is 2.94. The molecule has 0 aliphatic heterocycles. The van der Waals surface area contributed by atoms with Crippen LogP contribution in [0.3, 0.4) is 0 Å². The van der Waals surface area contributed by atoms with Gasteiger partial charge in [-0.25, -0.2) is 13.1 Å². The fourth-order valence-electron chi connectivity index (χ4n) is 1.48. The number of sulfonamides is 1. The number of benzene rings is 1. The van der Waals surface area contributed by atoms with Crippen LogP contribution in [-0.2, 0) is 14.8 Å². The second kappa shape index (κ2) is 7.01. The number of hydrogen-bond acceptors (Lipinski definition) is 4. The summed E-state index contributed by atoms with van der Waals surface area (Å²) in [6, 6.07) is 2.11. The third-order valence-corrected chi connectivity index (χ3v) is 4.15. The molecule has 0 aliphatic carbocycles. The van der Waals surface area contributed by atoms with Crippen molar-refractivity contribution in [3.05, 3.63) is 23.2 Å². The van der Waals surface area contributed by atoms with Crippen LogP contribution >= 0.6 is 11.6 Å². The SMILES string of the molecule is CC(CC(=O)O)NS(=O)(=O)c1ccc(OC(F)F)c(Cl)c1. The number of hydrogen-bond donors (Lipinski definition) is 2. The van der Waals surface area contributed by atoms with Crippen LogP contribution < -0.4 is 9.46 Å². The van der Waals surface area contributed by atoms with Crippen molar-refractivity contribution in [2.24, 2.45) is 0 Å². The van der Waals surface area contributed by atoms with Gasteiger partial charge in [0.1, 0.15) is 5.75 Å². The number of rotatable bonds is 7. The Morgan fingerprint density at radius 3 is 2.57 bits per heavy atom. The van der Waals surface area contributed by atoms with Crippen molar-refractivity contribution in [2.45, 2.75) is 30.9 Å². The fraction of sp³-hybridized carbons (Fsp3) is 0.364. The van der Waals surface area contributed by atoms with Crippen molar-refractivity contribution in [1.82, 2.24) is 4.72 Å². The molecule has 2 N–H and O–H groups in total. The molecule has 0 saturated heterocycles. The van der Waals surface area contributed by atoms with Gasteiger partial charge in [0.25, 0.3) is 0 Å². The van der Waals surface area contributed by atoms with E-state index in [1.165, 1.54) is 6.92 Å².